The third-order valence-corrected chi connectivity index (χ3v) is 4.22. The van der Waals surface area contributed by atoms with Crippen molar-refractivity contribution in [1.82, 2.24) is 4.90 Å². The van der Waals surface area contributed by atoms with Crippen LogP contribution in [0.2, 0.25) is 0 Å². The molecule has 0 saturated carbocycles. The van der Waals surface area contributed by atoms with Crippen LogP contribution in [0.5, 0.6) is 0 Å². The van der Waals surface area contributed by atoms with Crippen molar-refractivity contribution in [2.24, 2.45) is 5.92 Å². The lowest BCUT2D eigenvalue weighted by atomic mass is 9.95. The van der Waals surface area contributed by atoms with E-state index in [4.69, 9.17) is 0 Å². The average molecular weight is 255 g/mol. The number of hydrogen-bond acceptors (Lipinski definition) is 3. The molecule has 3 heteroatoms. The first kappa shape index (κ1) is 14.8. The minimum atomic E-state index is 0.244. The van der Waals surface area contributed by atoms with Gasteiger partial charge in [-0.25, -0.2) is 0 Å². The van der Waals surface area contributed by atoms with Crippen LogP contribution in [0, 0.1) is 5.92 Å². The van der Waals surface area contributed by atoms with Gasteiger partial charge in [-0.05, 0) is 18.9 Å². The van der Waals surface area contributed by atoms with E-state index in [1.165, 1.54) is 11.5 Å². The van der Waals surface area contributed by atoms with E-state index in [2.05, 4.69) is 24.8 Å². The molecule has 17 heavy (non-hydrogen) atoms. The Hall–Kier alpha value is -0.280. The zero-order valence-electron chi connectivity index (χ0n) is 11.2. The van der Waals surface area contributed by atoms with Gasteiger partial charge < -0.3 is 0 Å². The molecule has 1 unspecified atom stereocenters. The largest absolute Gasteiger partial charge is 0.298 e. The fraction of sp³-hybridized carbons (Fsp3) is 0.786. The van der Waals surface area contributed by atoms with E-state index in [1.54, 1.807) is 0 Å². The number of nitrogens with zero attached hydrogens (tertiary/aromatic N) is 1. The highest BCUT2D eigenvalue weighted by atomic mass is 32.2. The molecule has 0 aromatic rings. The van der Waals surface area contributed by atoms with Crippen LogP contribution in [-0.4, -0.2) is 41.8 Å². The van der Waals surface area contributed by atoms with E-state index in [0.29, 0.717) is 5.78 Å². The molecule has 0 amide bonds. The highest BCUT2D eigenvalue weighted by Gasteiger charge is 2.12. The van der Waals surface area contributed by atoms with Crippen molar-refractivity contribution in [2.45, 2.75) is 33.1 Å². The molecular formula is C14H25NOS. The summed E-state index contributed by atoms with van der Waals surface area (Å²) in [6.07, 6.45) is 6.96. The van der Waals surface area contributed by atoms with Gasteiger partial charge in [0.25, 0.3) is 0 Å². The number of carbonyl (C=O) groups is 1. The van der Waals surface area contributed by atoms with Crippen LogP contribution in [0.4, 0.5) is 0 Å². The summed E-state index contributed by atoms with van der Waals surface area (Å²) in [4.78, 5) is 14.3. The van der Waals surface area contributed by atoms with Crippen LogP contribution in [0.3, 0.4) is 0 Å². The lowest BCUT2D eigenvalue weighted by molar-refractivity contribution is -0.118. The predicted molar refractivity (Wildman–Crippen MR) is 76.6 cm³/mol. The fourth-order valence-electron chi connectivity index (χ4n) is 2.13. The van der Waals surface area contributed by atoms with E-state index in [9.17, 15) is 4.79 Å². The zero-order valence-corrected chi connectivity index (χ0v) is 12.0. The first-order chi connectivity index (χ1) is 8.27. The van der Waals surface area contributed by atoms with Gasteiger partial charge in [-0.3, -0.25) is 9.69 Å². The van der Waals surface area contributed by atoms with Crippen LogP contribution >= 0.6 is 11.8 Å². The minimum Gasteiger partial charge on any atom is -0.298 e. The van der Waals surface area contributed by atoms with Gasteiger partial charge in [0.2, 0.25) is 0 Å². The quantitative estimate of drug-likeness (QED) is 0.652. The molecule has 0 aromatic carbocycles. The van der Waals surface area contributed by atoms with Crippen molar-refractivity contribution in [3.63, 3.8) is 0 Å². The Kier molecular flexibility index (Phi) is 7.62. The molecule has 1 heterocycles. The predicted octanol–water partition coefficient (Wildman–Crippen LogP) is 2.99. The Balaban J connectivity index is 2.28. The highest BCUT2D eigenvalue weighted by Crippen LogP contribution is 2.13. The summed E-state index contributed by atoms with van der Waals surface area (Å²) in [6.45, 7) is 7.51. The number of rotatable bonds is 7. The fourth-order valence-corrected chi connectivity index (χ4v) is 3.11. The second kappa shape index (κ2) is 8.76. The molecule has 98 valence electrons. The minimum absolute atomic E-state index is 0.244. The van der Waals surface area contributed by atoms with Crippen LogP contribution in [-0.2, 0) is 4.79 Å². The van der Waals surface area contributed by atoms with Crippen LogP contribution < -0.4 is 0 Å². The van der Waals surface area contributed by atoms with Gasteiger partial charge in [-0.1, -0.05) is 26.3 Å². The number of thioether (sulfide) groups is 1. The Bertz CT molecular complexity index is 247. The van der Waals surface area contributed by atoms with E-state index >= 15 is 0 Å². The summed E-state index contributed by atoms with van der Waals surface area (Å²) in [7, 11) is 0. The SMILES string of the molecule is CCCC(CC)C(=O)/C=C/CN1CCSCC1. The Morgan fingerprint density at radius 1 is 1.35 bits per heavy atom. The average Bonchev–Trinajstić information content (AvgIpc) is 2.37. The molecule has 0 spiro atoms. The third-order valence-electron chi connectivity index (χ3n) is 3.28. The highest BCUT2D eigenvalue weighted by molar-refractivity contribution is 7.99. The maximum Gasteiger partial charge on any atom is 0.158 e. The second-order valence-corrected chi connectivity index (χ2v) is 5.84. The molecule has 1 atom stereocenters. The van der Waals surface area contributed by atoms with Crippen LogP contribution in [0.1, 0.15) is 33.1 Å². The van der Waals surface area contributed by atoms with Crippen LogP contribution in [0.15, 0.2) is 12.2 Å². The zero-order chi connectivity index (χ0) is 12.5. The normalized spacial score (nSPS) is 19.6. The molecule has 1 saturated heterocycles. The van der Waals surface area contributed by atoms with Crippen LogP contribution in [0.25, 0.3) is 0 Å². The third kappa shape index (κ3) is 5.73. The maximum atomic E-state index is 11.9. The Labute approximate surface area is 110 Å². The first-order valence-electron chi connectivity index (χ1n) is 6.78. The molecule has 0 radical (unpaired) electrons. The van der Waals surface area contributed by atoms with E-state index in [0.717, 1.165) is 38.9 Å². The van der Waals surface area contributed by atoms with Crippen molar-refractivity contribution in [3.05, 3.63) is 12.2 Å². The van der Waals surface area contributed by atoms with Crippen molar-refractivity contribution in [3.8, 4) is 0 Å². The molecule has 2 nitrogen and oxygen atoms in total. The molecule has 1 fully saturated rings. The number of hydrogen-bond donors (Lipinski definition) is 0. The molecule has 1 aliphatic rings. The molecule has 0 N–H and O–H groups in total. The summed E-state index contributed by atoms with van der Waals surface area (Å²) < 4.78 is 0. The van der Waals surface area contributed by atoms with Gasteiger partial charge in [0, 0.05) is 37.1 Å². The van der Waals surface area contributed by atoms with Gasteiger partial charge in [-0.15, -0.1) is 0 Å². The summed E-state index contributed by atoms with van der Waals surface area (Å²) in [5, 5.41) is 0. The van der Waals surface area contributed by atoms with E-state index < -0.39 is 0 Å². The second-order valence-electron chi connectivity index (χ2n) is 4.61. The van der Waals surface area contributed by atoms with Crippen molar-refractivity contribution >= 4 is 17.5 Å². The van der Waals surface area contributed by atoms with E-state index in [-0.39, 0.29) is 5.92 Å². The maximum absolute atomic E-state index is 11.9. The summed E-state index contributed by atoms with van der Waals surface area (Å²) in [6, 6.07) is 0. The van der Waals surface area contributed by atoms with Gasteiger partial charge >= 0.3 is 0 Å². The van der Waals surface area contributed by atoms with Crippen molar-refractivity contribution in [1.29, 1.82) is 0 Å². The Morgan fingerprint density at radius 2 is 2.06 bits per heavy atom. The summed E-state index contributed by atoms with van der Waals surface area (Å²) in [5.74, 6) is 3.03. The Morgan fingerprint density at radius 3 is 2.65 bits per heavy atom. The number of allylic oxidation sites excluding steroid dienone is 1. The standard InChI is InChI=1S/C14H25NOS/c1-3-6-13(4-2)14(16)7-5-8-15-9-11-17-12-10-15/h5,7,13H,3-4,6,8-12H2,1-2H3/b7-5+. The lowest BCUT2D eigenvalue weighted by Gasteiger charge is -2.24. The van der Waals surface area contributed by atoms with Crippen molar-refractivity contribution < 1.29 is 4.79 Å². The molecule has 0 aromatic heterocycles. The smallest absolute Gasteiger partial charge is 0.158 e. The molecule has 1 rings (SSSR count). The van der Waals surface area contributed by atoms with Gasteiger partial charge in [0.1, 0.15) is 0 Å². The van der Waals surface area contributed by atoms with Crippen molar-refractivity contribution in [2.75, 3.05) is 31.1 Å². The molecule has 0 bridgehead atoms. The lowest BCUT2D eigenvalue weighted by Crippen LogP contribution is -2.32. The van der Waals surface area contributed by atoms with Gasteiger partial charge in [0.05, 0.1) is 0 Å². The first-order valence-corrected chi connectivity index (χ1v) is 7.93. The van der Waals surface area contributed by atoms with Gasteiger partial charge in [-0.2, -0.15) is 11.8 Å². The number of carbonyl (C=O) groups excluding carboxylic acids is 1. The monoisotopic (exact) mass is 255 g/mol. The summed E-state index contributed by atoms with van der Waals surface area (Å²) >= 11 is 2.02. The summed E-state index contributed by atoms with van der Waals surface area (Å²) in [5.41, 5.74) is 0. The molecular weight excluding hydrogens is 230 g/mol. The van der Waals surface area contributed by atoms with Gasteiger partial charge in [0.15, 0.2) is 5.78 Å². The number of ketones is 1. The molecule has 1 aliphatic heterocycles. The van der Waals surface area contributed by atoms with E-state index in [1.807, 2.05) is 17.8 Å². The topological polar surface area (TPSA) is 20.3 Å². The molecule has 0 aliphatic carbocycles.